The first-order valence-electron chi connectivity index (χ1n) is 7.38. The largest absolute Gasteiger partial charge is 0.478 e. The molecule has 0 radical (unpaired) electrons. The van der Waals surface area contributed by atoms with Crippen LogP contribution in [0.15, 0.2) is 87.0 Å². The second kappa shape index (κ2) is 25.1. The summed E-state index contributed by atoms with van der Waals surface area (Å²) in [7, 11) is 0. The molecule has 0 amide bonds. The number of unbranched alkanes of at least 4 members (excludes halogenated alkanes) is 1. The zero-order valence-corrected chi connectivity index (χ0v) is 14.4. The Balaban J connectivity index is -0.000000258. The normalized spacial score (nSPS) is 7.38. The summed E-state index contributed by atoms with van der Waals surface area (Å²) in [5.41, 5.74) is 0. The molecule has 24 heavy (non-hydrogen) atoms. The smallest absolute Gasteiger partial charge is 0.330 e. The molecule has 0 aliphatic carbocycles. The van der Waals surface area contributed by atoms with Crippen molar-refractivity contribution in [3.8, 4) is 0 Å². The number of carbonyl (C=O) groups is 2. The highest BCUT2D eigenvalue weighted by Gasteiger charge is 1.91. The summed E-state index contributed by atoms with van der Waals surface area (Å²) in [5.74, 6) is -1.31. The number of esters is 1. The lowest BCUT2D eigenvalue weighted by Gasteiger charge is -1.97. The molecule has 1 N–H and O–H groups in total. The number of rotatable bonds is 6. The van der Waals surface area contributed by atoms with E-state index in [-0.39, 0.29) is 5.97 Å². The fraction of sp³-hybridized carbons (Fsp3) is 0.200. The highest BCUT2D eigenvalue weighted by atomic mass is 16.5. The van der Waals surface area contributed by atoms with E-state index >= 15 is 0 Å². The van der Waals surface area contributed by atoms with Crippen molar-refractivity contribution in [3.05, 3.63) is 87.0 Å². The van der Waals surface area contributed by atoms with Crippen LogP contribution in [-0.2, 0) is 14.3 Å². The molecule has 0 aliphatic heterocycles. The Hall–Kier alpha value is -2.88. The van der Waals surface area contributed by atoms with Gasteiger partial charge in [-0.25, -0.2) is 9.59 Å². The van der Waals surface area contributed by atoms with E-state index in [1.807, 2.05) is 43.3 Å². The van der Waals surface area contributed by atoms with E-state index in [1.165, 1.54) is 6.08 Å². The average Bonchev–Trinajstić information content (AvgIpc) is 2.64. The van der Waals surface area contributed by atoms with Gasteiger partial charge in [0.05, 0.1) is 6.61 Å². The number of carbonyl (C=O) groups excluding carboxylic acids is 1. The third-order valence-electron chi connectivity index (χ3n) is 1.92. The molecule has 0 heterocycles. The Morgan fingerprint density at radius 1 is 0.917 bits per heavy atom. The van der Waals surface area contributed by atoms with Crippen LogP contribution in [0.4, 0.5) is 0 Å². The van der Waals surface area contributed by atoms with E-state index in [9.17, 15) is 9.59 Å². The second-order valence-corrected chi connectivity index (χ2v) is 3.89. The van der Waals surface area contributed by atoms with Gasteiger partial charge in [0.2, 0.25) is 0 Å². The van der Waals surface area contributed by atoms with Gasteiger partial charge in [-0.3, -0.25) is 0 Å². The van der Waals surface area contributed by atoms with Crippen molar-refractivity contribution < 1.29 is 19.4 Å². The molecular weight excluding hydrogens is 304 g/mol. The standard InChI is InChI=1S/C7H12O2.C6H6.C4H6.C3H4O2/c1-3-5-6-9-7(8)4-2;1-2-4-6-5-3-1;1-3-4-2;1-2-3(4)5/h4H,2-3,5-6H2,1H3;1-6H;3-4H,1-2H2;2H,1H2,(H,4,5). The number of carboxylic acid groups (broad SMARTS) is 1. The van der Waals surface area contributed by atoms with Gasteiger partial charge in [0, 0.05) is 12.2 Å². The van der Waals surface area contributed by atoms with Crippen molar-refractivity contribution in [2.45, 2.75) is 19.8 Å². The number of ether oxygens (including phenoxy) is 1. The van der Waals surface area contributed by atoms with E-state index in [4.69, 9.17) is 5.11 Å². The highest BCUT2D eigenvalue weighted by molar-refractivity contribution is 5.81. The van der Waals surface area contributed by atoms with Gasteiger partial charge in [-0.05, 0) is 6.42 Å². The van der Waals surface area contributed by atoms with Gasteiger partial charge >= 0.3 is 11.9 Å². The fourth-order valence-electron chi connectivity index (χ4n) is 0.761. The molecule has 0 aliphatic rings. The number of benzene rings is 1. The van der Waals surface area contributed by atoms with Gasteiger partial charge in [-0.15, -0.1) is 0 Å². The van der Waals surface area contributed by atoms with Gasteiger partial charge in [0.25, 0.3) is 0 Å². The summed E-state index contributed by atoms with van der Waals surface area (Å²) in [6, 6.07) is 12.0. The van der Waals surface area contributed by atoms with Gasteiger partial charge < -0.3 is 9.84 Å². The summed E-state index contributed by atoms with van der Waals surface area (Å²) >= 11 is 0. The lowest BCUT2D eigenvalue weighted by Crippen LogP contribution is -2.00. The molecule has 0 atom stereocenters. The zero-order chi connectivity index (χ0) is 19.1. The second-order valence-electron chi connectivity index (χ2n) is 3.89. The Labute approximate surface area is 145 Å². The van der Waals surface area contributed by atoms with E-state index < -0.39 is 5.97 Å². The molecule has 1 rings (SSSR count). The number of carboxylic acids is 1. The van der Waals surface area contributed by atoms with Gasteiger partial charge in [-0.1, -0.05) is 88.2 Å². The summed E-state index contributed by atoms with van der Waals surface area (Å²) in [6.45, 7) is 15.5. The minimum Gasteiger partial charge on any atom is -0.478 e. The molecule has 0 spiro atoms. The lowest BCUT2D eigenvalue weighted by atomic mass is 10.4. The van der Waals surface area contributed by atoms with E-state index in [0.717, 1.165) is 18.9 Å². The van der Waals surface area contributed by atoms with Gasteiger partial charge in [0.15, 0.2) is 0 Å². The Bertz CT molecular complexity index is 417. The van der Waals surface area contributed by atoms with Gasteiger partial charge in [0.1, 0.15) is 0 Å². The summed E-state index contributed by atoms with van der Waals surface area (Å²) < 4.78 is 4.67. The number of hydrogen-bond acceptors (Lipinski definition) is 3. The van der Waals surface area contributed by atoms with Gasteiger partial charge in [-0.2, -0.15) is 0 Å². The van der Waals surface area contributed by atoms with Crippen LogP contribution in [0.25, 0.3) is 0 Å². The quantitative estimate of drug-likeness (QED) is 0.351. The van der Waals surface area contributed by atoms with Crippen LogP contribution >= 0.6 is 0 Å². The van der Waals surface area contributed by atoms with Crippen LogP contribution in [0.1, 0.15) is 19.8 Å². The van der Waals surface area contributed by atoms with E-state index in [0.29, 0.717) is 6.61 Å². The maximum Gasteiger partial charge on any atom is 0.330 e. The summed E-state index contributed by atoms with van der Waals surface area (Å²) in [5, 5.41) is 7.60. The Kier molecular flexibility index (Phi) is 27.2. The predicted octanol–water partition coefficient (Wildman–Crippen LogP) is 4.82. The molecule has 0 bridgehead atoms. The van der Waals surface area contributed by atoms with Crippen molar-refractivity contribution in [1.82, 2.24) is 0 Å². The van der Waals surface area contributed by atoms with Crippen LogP contribution in [0, 0.1) is 0 Å². The number of allylic oxidation sites excluding steroid dienone is 2. The van der Waals surface area contributed by atoms with Crippen LogP contribution in [-0.4, -0.2) is 23.7 Å². The van der Waals surface area contributed by atoms with Crippen molar-refractivity contribution in [2.24, 2.45) is 0 Å². The van der Waals surface area contributed by atoms with E-state index in [1.54, 1.807) is 12.2 Å². The number of hydrogen-bond donors (Lipinski definition) is 1. The molecule has 0 saturated heterocycles. The highest BCUT2D eigenvalue weighted by Crippen LogP contribution is 1.88. The molecular formula is C20H28O4. The van der Waals surface area contributed by atoms with Crippen molar-refractivity contribution in [2.75, 3.05) is 6.61 Å². The molecule has 4 nitrogen and oxygen atoms in total. The maximum atomic E-state index is 10.3. The Morgan fingerprint density at radius 2 is 1.29 bits per heavy atom. The third-order valence-corrected chi connectivity index (χ3v) is 1.92. The zero-order valence-electron chi connectivity index (χ0n) is 14.4. The van der Waals surface area contributed by atoms with Crippen LogP contribution in [0.3, 0.4) is 0 Å². The summed E-state index contributed by atoms with van der Waals surface area (Å²) in [4.78, 5) is 19.6. The number of aliphatic carboxylic acids is 1. The third kappa shape index (κ3) is 36.5. The van der Waals surface area contributed by atoms with Crippen molar-refractivity contribution in [3.63, 3.8) is 0 Å². The Morgan fingerprint density at radius 3 is 1.50 bits per heavy atom. The van der Waals surface area contributed by atoms with Crippen LogP contribution < -0.4 is 0 Å². The topological polar surface area (TPSA) is 63.6 Å². The molecule has 0 unspecified atom stereocenters. The average molecular weight is 332 g/mol. The first-order valence-corrected chi connectivity index (χ1v) is 7.38. The maximum absolute atomic E-state index is 10.3. The molecule has 0 fully saturated rings. The fourth-order valence-corrected chi connectivity index (χ4v) is 0.761. The molecule has 0 saturated carbocycles. The van der Waals surface area contributed by atoms with E-state index in [2.05, 4.69) is 31.1 Å². The SMILES string of the molecule is C=CC(=O)O.C=CC(=O)OCCCC.C=CC=C.c1ccccc1. The monoisotopic (exact) mass is 332 g/mol. The molecule has 1 aromatic rings. The van der Waals surface area contributed by atoms with Crippen molar-refractivity contribution >= 4 is 11.9 Å². The van der Waals surface area contributed by atoms with Crippen molar-refractivity contribution in [1.29, 1.82) is 0 Å². The molecule has 1 aromatic carbocycles. The first-order chi connectivity index (χ1) is 11.5. The molecule has 0 aromatic heterocycles. The predicted molar refractivity (Wildman–Crippen MR) is 101 cm³/mol. The summed E-state index contributed by atoms with van der Waals surface area (Å²) in [6.07, 6.45) is 7.26. The van der Waals surface area contributed by atoms with Crippen LogP contribution in [0.2, 0.25) is 0 Å². The first kappa shape index (κ1) is 26.0. The molecule has 4 heteroatoms. The minimum atomic E-state index is -0.981. The lowest BCUT2D eigenvalue weighted by molar-refractivity contribution is -0.137. The van der Waals surface area contributed by atoms with Crippen LogP contribution in [0.5, 0.6) is 0 Å². The molecule has 132 valence electrons. The minimum absolute atomic E-state index is 0.330.